The van der Waals surface area contributed by atoms with Gasteiger partial charge in [0.2, 0.25) is 10.0 Å². The van der Waals surface area contributed by atoms with Gasteiger partial charge in [-0.25, -0.2) is 8.42 Å². The maximum atomic E-state index is 12.2. The highest BCUT2D eigenvalue weighted by atomic mass is 32.2. The van der Waals surface area contributed by atoms with E-state index in [4.69, 9.17) is 5.26 Å². The van der Waals surface area contributed by atoms with Crippen molar-refractivity contribution in [2.75, 3.05) is 7.05 Å². The van der Waals surface area contributed by atoms with E-state index in [1.807, 2.05) is 32.0 Å². The highest BCUT2D eigenvalue weighted by Gasteiger charge is 2.25. The highest BCUT2D eigenvalue weighted by Crippen LogP contribution is 2.20. The van der Waals surface area contributed by atoms with Crippen molar-refractivity contribution in [1.29, 1.82) is 5.26 Å². The van der Waals surface area contributed by atoms with Gasteiger partial charge in [0.15, 0.2) is 0 Å². The number of benzene rings is 1. The molecule has 18 heavy (non-hydrogen) atoms. The molecule has 0 bridgehead atoms. The summed E-state index contributed by atoms with van der Waals surface area (Å²) in [5.74, 6) is 0.359. The van der Waals surface area contributed by atoms with E-state index in [1.165, 1.54) is 7.05 Å². The third-order valence-corrected chi connectivity index (χ3v) is 4.90. The standard InChI is InChI=1S/C13H18N2O2S/c1-10(2)12-5-7-13(8-6-12)18(16,17)15(4)11(3)9-14/h5-8,10-11H,1-4H3. The van der Waals surface area contributed by atoms with E-state index in [9.17, 15) is 8.42 Å². The van der Waals surface area contributed by atoms with E-state index >= 15 is 0 Å². The van der Waals surface area contributed by atoms with Crippen molar-refractivity contribution in [1.82, 2.24) is 4.31 Å². The Balaban J connectivity index is 3.10. The number of nitriles is 1. The first kappa shape index (κ1) is 14.7. The van der Waals surface area contributed by atoms with Gasteiger partial charge in [0.05, 0.1) is 11.0 Å². The topological polar surface area (TPSA) is 61.2 Å². The molecule has 1 unspecified atom stereocenters. The Morgan fingerprint density at radius 2 is 1.67 bits per heavy atom. The molecule has 1 atom stereocenters. The smallest absolute Gasteiger partial charge is 0.207 e. The summed E-state index contributed by atoms with van der Waals surface area (Å²) in [5, 5.41) is 8.78. The van der Waals surface area contributed by atoms with Crippen molar-refractivity contribution in [3.63, 3.8) is 0 Å². The van der Waals surface area contributed by atoms with Crippen molar-refractivity contribution in [3.05, 3.63) is 29.8 Å². The van der Waals surface area contributed by atoms with Gasteiger partial charge in [-0.3, -0.25) is 0 Å². The van der Waals surface area contributed by atoms with Crippen LogP contribution in [0.4, 0.5) is 0 Å². The third-order valence-electron chi connectivity index (χ3n) is 2.96. The molecule has 1 rings (SSSR count). The lowest BCUT2D eigenvalue weighted by molar-refractivity contribution is 0.442. The van der Waals surface area contributed by atoms with Crippen LogP contribution in [0.2, 0.25) is 0 Å². The lowest BCUT2D eigenvalue weighted by Gasteiger charge is -2.19. The van der Waals surface area contributed by atoms with Crippen molar-refractivity contribution in [2.24, 2.45) is 0 Å². The number of nitrogens with zero attached hydrogens (tertiary/aromatic N) is 2. The van der Waals surface area contributed by atoms with E-state index in [2.05, 4.69) is 0 Å². The molecule has 0 radical (unpaired) electrons. The van der Waals surface area contributed by atoms with Gasteiger partial charge in [0, 0.05) is 7.05 Å². The van der Waals surface area contributed by atoms with Crippen molar-refractivity contribution < 1.29 is 8.42 Å². The second kappa shape index (κ2) is 5.51. The van der Waals surface area contributed by atoms with Crippen molar-refractivity contribution >= 4 is 10.0 Å². The van der Waals surface area contributed by atoms with E-state index in [1.54, 1.807) is 19.1 Å². The molecule has 0 saturated carbocycles. The average molecular weight is 266 g/mol. The summed E-state index contributed by atoms with van der Waals surface area (Å²) >= 11 is 0. The van der Waals surface area contributed by atoms with Crippen LogP contribution >= 0.6 is 0 Å². The monoisotopic (exact) mass is 266 g/mol. The molecule has 0 aliphatic carbocycles. The summed E-state index contributed by atoms with van der Waals surface area (Å²) in [7, 11) is -2.17. The second-order valence-electron chi connectivity index (χ2n) is 4.55. The van der Waals surface area contributed by atoms with Crippen LogP contribution in [0.25, 0.3) is 0 Å². The van der Waals surface area contributed by atoms with E-state index in [-0.39, 0.29) is 4.90 Å². The number of hydrogen-bond acceptors (Lipinski definition) is 3. The lowest BCUT2D eigenvalue weighted by atomic mass is 10.0. The van der Waals surface area contributed by atoms with Crippen LogP contribution in [0, 0.1) is 11.3 Å². The predicted molar refractivity (Wildman–Crippen MR) is 70.6 cm³/mol. The molecule has 0 amide bonds. The second-order valence-corrected chi connectivity index (χ2v) is 6.55. The fraction of sp³-hybridized carbons (Fsp3) is 0.462. The van der Waals surface area contributed by atoms with Crippen LogP contribution in [-0.2, 0) is 10.0 Å². The molecule has 0 heterocycles. The first-order valence-corrected chi connectivity index (χ1v) is 7.22. The predicted octanol–water partition coefficient (Wildman–Crippen LogP) is 2.34. The van der Waals surface area contributed by atoms with Gasteiger partial charge < -0.3 is 0 Å². The maximum absolute atomic E-state index is 12.2. The molecule has 0 spiro atoms. The third kappa shape index (κ3) is 2.89. The highest BCUT2D eigenvalue weighted by molar-refractivity contribution is 7.89. The van der Waals surface area contributed by atoms with Crippen molar-refractivity contribution in [3.8, 4) is 6.07 Å². The summed E-state index contributed by atoms with van der Waals surface area (Å²) in [4.78, 5) is 0.219. The molecule has 1 aromatic carbocycles. The normalized spacial score (nSPS) is 13.6. The van der Waals surface area contributed by atoms with Crippen LogP contribution in [0.15, 0.2) is 29.2 Å². The van der Waals surface area contributed by atoms with E-state index in [0.29, 0.717) is 5.92 Å². The molecule has 98 valence electrons. The van der Waals surface area contributed by atoms with Crippen LogP contribution < -0.4 is 0 Å². The zero-order valence-corrected chi connectivity index (χ0v) is 11.9. The molecule has 5 heteroatoms. The Morgan fingerprint density at radius 1 is 1.17 bits per heavy atom. The number of rotatable bonds is 4. The van der Waals surface area contributed by atoms with E-state index < -0.39 is 16.1 Å². The molecule has 0 aromatic heterocycles. The number of sulfonamides is 1. The molecular formula is C13H18N2O2S. The van der Waals surface area contributed by atoms with Crippen LogP contribution in [0.3, 0.4) is 0 Å². The van der Waals surface area contributed by atoms with Gasteiger partial charge in [-0.05, 0) is 30.5 Å². The molecule has 0 fully saturated rings. The first-order valence-electron chi connectivity index (χ1n) is 5.78. The fourth-order valence-electron chi connectivity index (χ4n) is 1.48. The van der Waals surface area contributed by atoms with Crippen LogP contribution in [0.1, 0.15) is 32.3 Å². The van der Waals surface area contributed by atoms with Gasteiger partial charge in [0.25, 0.3) is 0 Å². The Morgan fingerprint density at radius 3 is 2.06 bits per heavy atom. The van der Waals surface area contributed by atoms with Gasteiger partial charge in [0.1, 0.15) is 6.04 Å². The summed E-state index contributed by atoms with van der Waals surface area (Å²) in [6.07, 6.45) is 0. The quantitative estimate of drug-likeness (QED) is 0.840. The lowest BCUT2D eigenvalue weighted by Crippen LogP contribution is -2.34. The Kier molecular flexibility index (Phi) is 4.49. The average Bonchev–Trinajstić information content (AvgIpc) is 2.36. The Hall–Kier alpha value is -1.38. The summed E-state index contributed by atoms with van der Waals surface area (Å²) in [5.41, 5.74) is 1.09. The zero-order valence-electron chi connectivity index (χ0n) is 11.1. The SMILES string of the molecule is CC(C)c1ccc(S(=O)(=O)N(C)C(C)C#N)cc1. The Labute approximate surface area is 109 Å². The molecule has 0 saturated heterocycles. The molecule has 4 nitrogen and oxygen atoms in total. The molecule has 0 aliphatic rings. The fourth-order valence-corrected chi connectivity index (χ4v) is 2.76. The molecule has 0 aliphatic heterocycles. The summed E-state index contributed by atoms with van der Waals surface area (Å²) < 4.78 is 25.5. The Bertz CT molecular complexity index is 541. The molecule has 1 aromatic rings. The minimum atomic E-state index is -3.58. The van der Waals surface area contributed by atoms with Gasteiger partial charge in [-0.15, -0.1) is 0 Å². The minimum Gasteiger partial charge on any atom is -0.207 e. The zero-order chi connectivity index (χ0) is 13.9. The summed E-state index contributed by atoms with van der Waals surface area (Å²) in [6.45, 7) is 5.65. The van der Waals surface area contributed by atoms with E-state index in [0.717, 1.165) is 9.87 Å². The maximum Gasteiger partial charge on any atom is 0.243 e. The first-order chi connectivity index (χ1) is 8.30. The minimum absolute atomic E-state index is 0.219. The van der Waals surface area contributed by atoms with Gasteiger partial charge in [-0.2, -0.15) is 9.57 Å². The summed E-state index contributed by atoms with van der Waals surface area (Å²) in [6, 6.07) is 8.03. The molecule has 0 N–H and O–H groups in total. The van der Waals surface area contributed by atoms with Crippen LogP contribution in [0.5, 0.6) is 0 Å². The van der Waals surface area contributed by atoms with Gasteiger partial charge in [-0.1, -0.05) is 26.0 Å². The van der Waals surface area contributed by atoms with Crippen molar-refractivity contribution in [2.45, 2.75) is 37.6 Å². The number of hydrogen-bond donors (Lipinski definition) is 0. The van der Waals surface area contributed by atoms with Crippen LogP contribution in [-0.4, -0.2) is 25.8 Å². The molecular weight excluding hydrogens is 248 g/mol. The van der Waals surface area contributed by atoms with Gasteiger partial charge >= 0.3 is 0 Å². The largest absolute Gasteiger partial charge is 0.243 e.